The second kappa shape index (κ2) is 5.84. The molecule has 0 saturated heterocycles. The highest BCUT2D eigenvalue weighted by Gasteiger charge is 2.17. The molecule has 0 aliphatic heterocycles. The SMILES string of the molecule is CCc1ccc([N+](=O)[O-])cc1C(N)c1ccccc1C. The summed E-state index contributed by atoms with van der Waals surface area (Å²) < 4.78 is 0. The molecule has 0 aromatic heterocycles. The summed E-state index contributed by atoms with van der Waals surface area (Å²) >= 11 is 0. The van der Waals surface area contributed by atoms with Gasteiger partial charge >= 0.3 is 0 Å². The molecule has 2 N–H and O–H groups in total. The normalized spacial score (nSPS) is 12.2. The number of nitro groups is 1. The van der Waals surface area contributed by atoms with E-state index in [4.69, 9.17) is 5.73 Å². The lowest BCUT2D eigenvalue weighted by atomic mass is 9.91. The van der Waals surface area contributed by atoms with Gasteiger partial charge in [-0.3, -0.25) is 10.1 Å². The Morgan fingerprint density at radius 2 is 1.90 bits per heavy atom. The van der Waals surface area contributed by atoms with Crippen molar-refractivity contribution in [1.29, 1.82) is 0 Å². The van der Waals surface area contributed by atoms with Crippen molar-refractivity contribution in [3.63, 3.8) is 0 Å². The van der Waals surface area contributed by atoms with Crippen molar-refractivity contribution in [2.75, 3.05) is 0 Å². The second-order valence-electron chi connectivity index (χ2n) is 4.83. The van der Waals surface area contributed by atoms with E-state index in [2.05, 4.69) is 0 Å². The number of nitrogens with zero attached hydrogens (tertiary/aromatic N) is 1. The summed E-state index contributed by atoms with van der Waals surface area (Å²) in [6, 6.07) is 12.4. The quantitative estimate of drug-likeness (QED) is 0.682. The zero-order chi connectivity index (χ0) is 14.7. The zero-order valence-electron chi connectivity index (χ0n) is 11.7. The highest BCUT2D eigenvalue weighted by Crippen LogP contribution is 2.28. The molecule has 0 fully saturated rings. The Bertz CT molecular complexity index is 638. The van der Waals surface area contributed by atoms with Gasteiger partial charge in [0.15, 0.2) is 0 Å². The number of aryl methyl sites for hydroxylation is 2. The van der Waals surface area contributed by atoms with Gasteiger partial charge in [0.1, 0.15) is 0 Å². The third-order valence-corrected chi connectivity index (χ3v) is 3.58. The monoisotopic (exact) mass is 270 g/mol. The first-order chi connectivity index (χ1) is 9.54. The lowest BCUT2D eigenvalue weighted by molar-refractivity contribution is -0.384. The minimum Gasteiger partial charge on any atom is -0.320 e. The number of benzene rings is 2. The summed E-state index contributed by atoms with van der Waals surface area (Å²) in [6.07, 6.45) is 0.799. The molecule has 0 bridgehead atoms. The summed E-state index contributed by atoms with van der Waals surface area (Å²) in [5, 5.41) is 10.9. The predicted octanol–water partition coefficient (Wildman–Crippen LogP) is 3.51. The highest BCUT2D eigenvalue weighted by atomic mass is 16.6. The maximum Gasteiger partial charge on any atom is 0.269 e. The van der Waals surface area contributed by atoms with Crippen molar-refractivity contribution in [2.45, 2.75) is 26.3 Å². The molecule has 1 atom stereocenters. The van der Waals surface area contributed by atoms with E-state index in [0.29, 0.717) is 0 Å². The van der Waals surface area contributed by atoms with Crippen LogP contribution in [0.3, 0.4) is 0 Å². The molecular formula is C16H18N2O2. The molecule has 20 heavy (non-hydrogen) atoms. The van der Waals surface area contributed by atoms with Crippen LogP contribution in [0.4, 0.5) is 5.69 Å². The molecule has 1 unspecified atom stereocenters. The van der Waals surface area contributed by atoms with Crippen LogP contribution in [0.5, 0.6) is 0 Å². The van der Waals surface area contributed by atoms with E-state index in [9.17, 15) is 10.1 Å². The molecule has 4 heteroatoms. The first kappa shape index (κ1) is 14.2. The first-order valence-electron chi connectivity index (χ1n) is 6.63. The van der Waals surface area contributed by atoms with Crippen LogP contribution in [0.2, 0.25) is 0 Å². The van der Waals surface area contributed by atoms with Crippen LogP contribution < -0.4 is 5.73 Å². The van der Waals surface area contributed by atoms with Crippen LogP contribution in [0.15, 0.2) is 42.5 Å². The van der Waals surface area contributed by atoms with Crippen LogP contribution in [-0.4, -0.2) is 4.92 Å². The van der Waals surface area contributed by atoms with E-state index in [-0.39, 0.29) is 16.7 Å². The minimum atomic E-state index is -0.381. The molecule has 0 aliphatic carbocycles. The molecule has 0 amide bonds. The van der Waals surface area contributed by atoms with Crippen molar-refractivity contribution in [3.05, 3.63) is 74.8 Å². The van der Waals surface area contributed by atoms with Crippen molar-refractivity contribution in [3.8, 4) is 0 Å². The van der Waals surface area contributed by atoms with Gasteiger partial charge in [0.05, 0.1) is 11.0 Å². The Balaban J connectivity index is 2.52. The lowest BCUT2D eigenvalue weighted by Gasteiger charge is -2.18. The third-order valence-electron chi connectivity index (χ3n) is 3.58. The Morgan fingerprint density at radius 3 is 2.50 bits per heavy atom. The second-order valence-corrected chi connectivity index (χ2v) is 4.83. The average molecular weight is 270 g/mol. The topological polar surface area (TPSA) is 69.2 Å². The summed E-state index contributed by atoms with van der Waals surface area (Å²) in [5.41, 5.74) is 10.4. The molecular weight excluding hydrogens is 252 g/mol. The van der Waals surface area contributed by atoms with Gasteiger partial charge in [0.25, 0.3) is 5.69 Å². The lowest BCUT2D eigenvalue weighted by Crippen LogP contribution is -2.15. The molecule has 2 aromatic carbocycles. The predicted molar refractivity (Wildman–Crippen MR) is 79.7 cm³/mol. The van der Waals surface area contributed by atoms with Gasteiger partial charge in [-0.25, -0.2) is 0 Å². The molecule has 0 heterocycles. The van der Waals surface area contributed by atoms with Crippen LogP contribution in [-0.2, 0) is 6.42 Å². The van der Waals surface area contributed by atoms with E-state index >= 15 is 0 Å². The smallest absolute Gasteiger partial charge is 0.269 e. The van der Waals surface area contributed by atoms with Gasteiger partial charge in [-0.05, 0) is 35.6 Å². The number of nitrogens with two attached hydrogens (primary N) is 1. The maximum absolute atomic E-state index is 10.9. The first-order valence-corrected chi connectivity index (χ1v) is 6.63. The fourth-order valence-electron chi connectivity index (χ4n) is 2.41. The number of nitro benzene ring substituents is 1. The van der Waals surface area contributed by atoms with Gasteiger partial charge < -0.3 is 5.73 Å². The van der Waals surface area contributed by atoms with E-state index < -0.39 is 0 Å². The Kier molecular flexibility index (Phi) is 4.15. The maximum atomic E-state index is 10.9. The number of hydrogen-bond donors (Lipinski definition) is 1. The van der Waals surface area contributed by atoms with Gasteiger partial charge in [-0.2, -0.15) is 0 Å². The molecule has 4 nitrogen and oxygen atoms in total. The number of rotatable bonds is 4. The summed E-state index contributed by atoms with van der Waals surface area (Å²) in [6.45, 7) is 4.02. The van der Waals surface area contributed by atoms with Crippen molar-refractivity contribution in [2.24, 2.45) is 5.73 Å². The highest BCUT2D eigenvalue weighted by molar-refractivity contribution is 5.46. The van der Waals surface area contributed by atoms with Gasteiger partial charge in [-0.1, -0.05) is 37.3 Å². The van der Waals surface area contributed by atoms with Crippen molar-refractivity contribution >= 4 is 5.69 Å². The van der Waals surface area contributed by atoms with E-state index in [1.807, 2.05) is 38.1 Å². The van der Waals surface area contributed by atoms with Gasteiger partial charge in [0.2, 0.25) is 0 Å². The average Bonchev–Trinajstić information content (AvgIpc) is 2.46. The van der Waals surface area contributed by atoms with Crippen molar-refractivity contribution in [1.82, 2.24) is 0 Å². The molecule has 0 spiro atoms. The summed E-state index contributed by atoms with van der Waals surface area (Å²) in [5.74, 6) is 0. The standard InChI is InChI=1S/C16H18N2O2/c1-3-12-8-9-13(18(19)20)10-15(12)16(17)14-7-5-4-6-11(14)2/h4-10,16H,3,17H2,1-2H3. The summed E-state index contributed by atoms with van der Waals surface area (Å²) in [4.78, 5) is 10.6. The fraction of sp³-hybridized carbons (Fsp3) is 0.250. The van der Waals surface area contributed by atoms with Gasteiger partial charge in [0, 0.05) is 12.1 Å². The van der Waals surface area contributed by atoms with Crippen LogP contribution in [0.1, 0.15) is 35.2 Å². The molecule has 2 aromatic rings. The Hall–Kier alpha value is -2.20. The molecule has 0 saturated carbocycles. The van der Waals surface area contributed by atoms with Gasteiger partial charge in [-0.15, -0.1) is 0 Å². The summed E-state index contributed by atoms with van der Waals surface area (Å²) in [7, 11) is 0. The largest absolute Gasteiger partial charge is 0.320 e. The fourth-order valence-corrected chi connectivity index (χ4v) is 2.41. The molecule has 104 valence electrons. The van der Waals surface area contributed by atoms with Crippen LogP contribution >= 0.6 is 0 Å². The van der Waals surface area contributed by atoms with E-state index in [1.165, 1.54) is 6.07 Å². The zero-order valence-corrected chi connectivity index (χ0v) is 11.7. The number of non-ortho nitro benzene ring substituents is 1. The minimum absolute atomic E-state index is 0.0845. The Labute approximate surface area is 118 Å². The number of hydrogen-bond acceptors (Lipinski definition) is 3. The molecule has 2 rings (SSSR count). The van der Waals surface area contributed by atoms with Crippen LogP contribution in [0.25, 0.3) is 0 Å². The van der Waals surface area contributed by atoms with E-state index in [1.54, 1.807) is 12.1 Å². The van der Waals surface area contributed by atoms with Crippen LogP contribution in [0, 0.1) is 17.0 Å². The molecule has 0 aliphatic rings. The molecule has 0 radical (unpaired) electrons. The van der Waals surface area contributed by atoms with E-state index in [0.717, 1.165) is 28.7 Å². The Morgan fingerprint density at radius 1 is 1.20 bits per heavy atom. The third kappa shape index (κ3) is 2.70. The van der Waals surface area contributed by atoms with Crippen molar-refractivity contribution < 1.29 is 4.92 Å².